The lowest BCUT2D eigenvalue weighted by Crippen LogP contribution is -2.43. The molecule has 0 aromatic carbocycles. The van der Waals surface area contributed by atoms with Crippen LogP contribution < -0.4 is 5.73 Å². The molecule has 0 aliphatic carbocycles. The maximum atomic E-state index is 14.0. The van der Waals surface area contributed by atoms with Crippen LogP contribution in [0.5, 0.6) is 0 Å². The molecule has 23 heavy (non-hydrogen) atoms. The lowest BCUT2D eigenvalue weighted by molar-refractivity contribution is -0.225. The van der Waals surface area contributed by atoms with Gasteiger partial charge in [0.1, 0.15) is 0 Å². The van der Waals surface area contributed by atoms with Crippen LogP contribution in [0.3, 0.4) is 0 Å². The third kappa shape index (κ3) is 3.31. The molecule has 2 amide bonds. The second-order valence-electron chi connectivity index (χ2n) is 5.79. The van der Waals surface area contributed by atoms with E-state index in [0.717, 1.165) is 10.6 Å². The van der Waals surface area contributed by atoms with E-state index in [0.29, 0.717) is 18.7 Å². The van der Waals surface area contributed by atoms with Crippen molar-refractivity contribution < 1.29 is 23.6 Å². The zero-order chi connectivity index (χ0) is 17.3. The number of urea groups is 1. The summed E-state index contributed by atoms with van der Waals surface area (Å²) in [5.74, 6) is -1.15. The second-order valence-corrected chi connectivity index (χ2v) is 5.79. The van der Waals surface area contributed by atoms with E-state index >= 15 is 0 Å². The lowest BCUT2D eigenvalue weighted by atomic mass is 9.99. The van der Waals surface area contributed by atoms with Crippen LogP contribution in [0.25, 0.3) is 0 Å². The number of esters is 1. The number of fused-ring (bicyclic) bond motifs is 2. The first-order valence-electron chi connectivity index (χ1n) is 7.50. The monoisotopic (exact) mass is 327 g/mol. The van der Waals surface area contributed by atoms with Crippen LogP contribution >= 0.6 is 0 Å². The van der Waals surface area contributed by atoms with Gasteiger partial charge in [-0.2, -0.15) is 5.06 Å². The number of carbonyl (C=O) groups excluding carboxylic acids is 2. The molecule has 4 atom stereocenters. The summed E-state index contributed by atoms with van der Waals surface area (Å²) >= 11 is 0. The van der Waals surface area contributed by atoms with Gasteiger partial charge < -0.3 is 15.4 Å². The predicted molar refractivity (Wildman–Crippen MR) is 80.4 cm³/mol. The summed E-state index contributed by atoms with van der Waals surface area (Å²) < 4.78 is 18.8. The molecule has 0 radical (unpaired) electrons. The van der Waals surface area contributed by atoms with Crippen LogP contribution in [0.1, 0.15) is 27.2 Å². The number of hydrogen-bond donors (Lipinski definition) is 1. The van der Waals surface area contributed by atoms with E-state index in [2.05, 4.69) is 6.58 Å². The van der Waals surface area contributed by atoms with Crippen LogP contribution in [0.2, 0.25) is 0 Å². The minimum Gasteiger partial charge on any atom is -0.459 e. The highest BCUT2D eigenvalue weighted by molar-refractivity contribution is 5.79. The van der Waals surface area contributed by atoms with Gasteiger partial charge in [0.25, 0.3) is 0 Å². The van der Waals surface area contributed by atoms with E-state index < -0.39 is 36.5 Å². The molecule has 1 fully saturated rings. The summed E-state index contributed by atoms with van der Waals surface area (Å²) in [6.45, 7) is 9.23. The van der Waals surface area contributed by atoms with Gasteiger partial charge in [-0.3, -0.25) is 0 Å². The second kappa shape index (κ2) is 6.57. The Labute approximate surface area is 134 Å². The van der Waals surface area contributed by atoms with Crippen molar-refractivity contribution in [2.75, 3.05) is 6.54 Å². The number of nitrogens with two attached hydrogens (primary N) is 1. The van der Waals surface area contributed by atoms with E-state index in [4.69, 9.17) is 15.3 Å². The number of hydrogen-bond acceptors (Lipinski definition) is 5. The first-order valence-corrected chi connectivity index (χ1v) is 7.50. The molecule has 2 aliphatic rings. The van der Waals surface area contributed by atoms with Gasteiger partial charge in [0.05, 0.1) is 24.7 Å². The SMILES string of the molecule is C=C(N)[C@@H]1C(C)=CC2CN1C(=O)N2O[C@H](F)C(=O)O[C@@H](C)CC. The summed E-state index contributed by atoms with van der Waals surface area (Å²) in [6.07, 6.45) is -0.466. The van der Waals surface area contributed by atoms with Gasteiger partial charge in [-0.05, 0) is 25.8 Å². The van der Waals surface area contributed by atoms with Gasteiger partial charge in [0.2, 0.25) is 0 Å². The largest absolute Gasteiger partial charge is 0.459 e. The number of carbonyl (C=O) groups is 2. The summed E-state index contributed by atoms with van der Waals surface area (Å²) in [4.78, 5) is 30.3. The topological polar surface area (TPSA) is 85.1 Å². The van der Waals surface area contributed by atoms with Gasteiger partial charge in [-0.1, -0.05) is 19.6 Å². The summed E-state index contributed by atoms with van der Waals surface area (Å²) in [7, 11) is 0. The Morgan fingerprint density at radius 2 is 2.26 bits per heavy atom. The average molecular weight is 327 g/mol. The molecule has 7 nitrogen and oxygen atoms in total. The molecule has 2 aliphatic heterocycles. The Balaban J connectivity index is 2.07. The Morgan fingerprint density at radius 1 is 1.61 bits per heavy atom. The molecule has 2 rings (SSSR count). The van der Waals surface area contributed by atoms with Gasteiger partial charge in [0, 0.05) is 5.70 Å². The zero-order valence-corrected chi connectivity index (χ0v) is 13.5. The number of nitrogens with zero attached hydrogens (tertiary/aromatic N) is 2. The van der Waals surface area contributed by atoms with Gasteiger partial charge in [-0.25, -0.2) is 18.8 Å². The normalized spacial score (nSPS) is 25.9. The number of rotatable bonds is 6. The molecular formula is C15H22FN3O4. The van der Waals surface area contributed by atoms with Gasteiger partial charge in [-0.15, -0.1) is 0 Å². The van der Waals surface area contributed by atoms with Crippen molar-refractivity contribution >= 4 is 12.0 Å². The van der Waals surface area contributed by atoms with Crippen molar-refractivity contribution in [3.8, 4) is 0 Å². The highest BCUT2D eigenvalue weighted by Crippen LogP contribution is 2.31. The quantitative estimate of drug-likeness (QED) is 0.590. The molecule has 128 valence electrons. The molecule has 0 saturated carbocycles. The van der Waals surface area contributed by atoms with Crippen molar-refractivity contribution in [2.24, 2.45) is 5.73 Å². The molecule has 0 aromatic heterocycles. The molecule has 2 heterocycles. The number of amides is 2. The van der Waals surface area contributed by atoms with Crippen molar-refractivity contribution in [3.05, 3.63) is 23.9 Å². The molecule has 0 spiro atoms. The fourth-order valence-corrected chi connectivity index (χ4v) is 2.69. The van der Waals surface area contributed by atoms with Gasteiger partial charge >= 0.3 is 18.4 Å². The first-order chi connectivity index (χ1) is 10.8. The van der Waals surface area contributed by atoms with Crippen LogP contribution in [0, 0.1) is 0 Å². The number of alkyl halides is 1. The maximum Gasteiger partial charge on any atom is 0.371 e. The maximum absolute atomic E-state index is 14.0. The average Bonchev–Trinajstić information content (AvgIpc) is 2.71. The molecule has 2 bridgehead atoms. The summed E-state index contributed by atoms with van der Waals surface area (Å²) in [6, 6.07) is -1.48. The van der Waals surface area contributed by atoms with Crippen molar-refractivity contribution in [3.63, 3.8) is 0 Å². The highest BCUT2D eigenvalue weighted by Gasteiger charge is 2.47. The summed E-state index contributed by atoms with van der Waals surface area (Å²) in [5, 5.41) is 0.856. The van der Waals surface area contributed by atoms with Crippen LogP contribution in [-0.2, 0) is 14.4 Å². The van der Waals surface area contributed by atoms with Crippen LogP contribution in [0.15, 0.2) is 23.9 Å². The first kappa shape index (κ1) is 17.3. The predicted octanol–water partition coefficient (Wildman–Crippen LogP) is 1.46. The fraction of sp³-hybridized carbons (Fsp3) is 0.600. The highest BCUT2D eigenvalue weighted by atomic mass is 19.1. The van der Waals surface area contributed by atoms with E-state index in [1.54, 1.807) is 19.9 Å². The third-order valence-electron chi connectivity index (χ3n) is 3.95. The Morgan fingerprint density at radius 3 is 2.83 bits per heavy atom. The van der Waals surface area contributed by atoms with Crippen molar-refractivity contribution in [2.45, 2.75) is 51.7 Å². The number of ether oxygens (including phenoxy) is 1. The molecule has 0 aromatic rings. The number of halogens is 1. The van der Waals surface area contributed by atoms with Gasteiger partial charge in [0.15, 0.2) is 0 Å². The van der Waals surface area contributed by atoms with E-state index in [1.807, 2.05) is 6.92 Å². The molecule has 8 heteroatoms. The molecule has 1 unspecified atom stereocenters. The van der Waals surface area contributed by atoms with E-state index in [-0.39, 0.29) is 0 Å². The molecule has 1 saturated heterocycles. The fourth-order valence-electron chi connectivity index (χ4n) is 2.69. The van der Waals surface area contributed by atoms with E-state index in [9.17, 15) is 14.0 Å². The number of hydroxylamine groups is 2. The Hall–Kier alpha value is -2.09. The lowest BCUT2D eigenvalue weighted by Gasteiger charge is -2.30. The Kier molecular flexibility index (Phi) is 4.93. The standard InChI is InChI=1S/C15H22FN3O4/c1-5-9(3)22-14(20)13(16)23-19-11-6-8(2)12(10(4)17)18(7-11)15(19)21/h6,9,11-13H,4-5,7,17H2,1-3H3/t9-,11?,12-,13-/m0/s1. The Bertz CT molecular complexity index is 551. The zero-order valence-electron chi connectivity index (χ0n) is 13.5. The molecular weight excluding hydrogens is 305 g/mol. The minimum atomic E-state index is -2.36. The van der Waals surface area contributed by atoms with E-state index in [1.165, 1.54) is 4.90 Å². The smallest absolute Gasteiger partial charge is 0.371 e. The van der Waals surface area contributed by atoms with Crippen molar-refractivity contribution in [1.82, 2.24) is 9.96 Å². The minimum absolute atomic E-state index is 0.296. The molecule has 2 N–H and O–H groups in total. The van der Waals surface area contributed by atoms with Crippen LogP contribution in [0.4, 0.5) is 9.18 Å². The summed E-state index contributed by atoms with van der Waals surface area (Å²) in [5.41, 5.74) is 6.88. The third-order valence-corrected chi connectivity index (χ3v) is 3.95. The van der Waals surface area contributed by atoms with Crippen molar-refractivity contribution in [1.29, 1.82) is 0 Å². The van der Waals surface area contributed by atoms with Crippen LogP contribution in [-0.4, -0.2) is 53.1 Å².